The Labute approximate surface area is 172 Å². The number of hydrogen-bond donors (Lipinski definition) is 2. The Balaban J connectivity index is 0.00000141. The van der Waals surface area contributed by atoms with Gasteiger partial charge in [-0.3, -0.25) is 0 Å². The van der Waals surface area contributed by atoms with Crippen LogP contribution in [0.5, 0.6) is 0 Å². The topological polar surface area (TPSA) is 118 Å². The van der Waals surface area contributed by atoms with Crippen molar-refractivity contribution in [3.8, 4) is 5.69 Å². The van der Waals surface area contributed by atoms with E-state index in [0.717, 1.165) is 16.9 Å². The third kappa shape index (κ3) is 6.76. The van der Waals surface area contributed by atoms with E-state index in [1.165, 1.54) is 7.05 Å². The molecular weight excluding hydrogens is 309 g/mol. The number of nitrogens with zero attached hydrogens (tertiary/aromatic N) is 3. The first-order valence-electron chi connectivity index (χ1n) is 6.58. The van der Waals surface area contributed by atoms with Crippen LogP contribution < -0.4 is 57.1 Å². The number of hydrogen-bond acceptors (Lipinski definition) is 5. The summed E-state index contributed by atoms with van der Waals surface area (Å²) < 4.78 is 1.63. The van der Waals surface area contributed by atoms with Gasteiger partial charge in [-0.25, -0.2) is 4.68 Å². The number of aliphatic hydroxyl groups is 1. The van der Waals surface area contributed by atoms with Gasteiger partial charge in [-0.15, -0.1) is 5.10 Å². The molecule has 7 nitrogen and oxygen atoms in total. The van der Waals surface area contributed by atoms with E-state index in [2.05, 4.69) is 16.0 Å². The molecule has 0 saturated heterocycles. The number of nitrogens with one attached hydrogen (secondary N) is 1. The molecule has 0 aliphatic carbocycles. The van der Waals surface area contributed by atoms with E-state index >= 15 is 0 Å². The molecule has 0 fully saturated rings. The fraction of sp³-hybridized carbons (Fsp3) is 0.357. The number of carbonyl (C=O) groups excluding carboxylic acids is 1. The molecule has 1 aromatic heterocycles. The first-order valence-corrected chi connectivity index (χ1v) is 6.58. The molecule has 22 heavy (non-hydrogen) atoms. The molecule has 1 heterocycles. The van der Waals surface area contributed by atoms with Gasteiger partial charge >= 0.3 is 51.4 Å². The number of aliphatic hydroxyl groups excluding tert-OH is 1. The summed E-state index contributed by atoms with van der Waals surface area (Å²) in [5.74, 6) is 0. The second-order valence-electron chi connectivity index (χ2n) is 4.24. The molecule has 0 aliphatic heterocycles. The summed E-state index contributed by atoms with van der Waals surface area (Å²) >= 11 is 0. The van der Waals surface area contributed by atoms with E-state index in [0.29, 0.717) is 19.1 Å². The smallest absolute Gasteiger partial charge is 0.668 e. The molecule has 0 amide bonds. The van der Waals surface area contributed by atoms with Gasteiger partial charge < -0.3 is 21.4 Å². The summed E-state index contributed by atoms with van der Waals surface area (Å²) in [5.41, 5.74) is 14.4. The van der Waals surface area contributed by atoms with Gasteiger partial charge in [0.15, 0.2) is 0 Å². The van der Waals surface area contributed by atoms with Crippen LogP contribution in [0, 0.1) is 0 Å². The van der Waals surface area contributed by atoms with Crippen molar-refractivity contribution in [1.82, 2.24) is 15.0 Å². The van der Waals surface area contributed by atoms with Crippen LogP contribution in [0.3, 0.4) is 0 Å². The van der Waals surface area contributed by atoms with Crippen molar-refractivity contribution < 1.29 is 61.3 Å². The fourth-order valence-corrected chi connectivity index (χ4v) is 1.74. The Morgan fingerprint density at radius 3 is 2.55 bits per heavy atom. The summed E-state index contributed by atoms with van der Waals surface area (Å²) in [6, 6.07) is 6.75. The van der Waals surface area contributed by atoms with Crippen molar-refractivity contribution in [1.29, 1.82) is 0 Å². The maximum absolute atomic E-state index is 10.4. The molecule has 2 aromatic rings. The van der Waals surface area contributed by atoms with E-state index in [9.17, 15) is 4.79 Å². The number of benzene rings is 1. The zero-order valence-corrected chi connectivity index (χ0v) is 16.1. The number of nitrogens with two attached hydrogens (primary N) is 1. The minimum Gasteiger partial charge on any atom is -0.668 e. The summed E-state index contributed by atoms with van der Waals surface area (Å²) in [4.78, 5) is 10.4. The SMILES string of the molecule is CN.[K+].[NH-]C(C=O)Cc1ccc(-n2cc(CCO)nn2)cc1. The Kier molecular flexibility index (Phi) is 11.8. The van der Waals surface area contributed by atoms with Crippen molar-refractivity contribution in [2.75, 3.05) is 13.7 Å². The van der Waals surface area contributed by atoms with Crippen LogP contribution in [0.1, 0.15) is 11.3 Å². The molecule has 2 rings (SSSR count). The first kappa shape index (κ1) is 21.5. The van der Waals surface area contributed by atoms with Gasteiger partial charge in [0.2, 0.25) is 0 Å². The monoisotopic (exact) mass is 329 g/mol. The molecule has 0 radical (unpaired) electrons. The van der Waals surface area contributed by atoms with Crippen LogP contribution in [-0.2, 0) is 17.6 Å². The maximum Gasteiger partial charge on any atom is 1.00 e. The summed E-state index contributed by atoms with van der Waals surface area (Å²) in [7, 11) is 1.50. The average Bonchev–Trinajstić information content (AvgIpc) is 2.99. The van der Waals surface area contributed by atoms with Crippen molar-refractivity contribution >= 4 is 6.29 Å². The third-order valence-electron chi connectivity index (χ3n) is 2.73. The molecule has 114 valence electrons. The predicted molar refractivity (Wildman–Crippen MR) is 80.1 cm³/mol. The molecule has 0 aliphatic rings. The molecule has 8 heteroatoms. The molecule has 0 bridgehead atoms. The van der Waals surface area contributed by atoms with Gasteiger partial charge in [0.1, 0.15) is 6.29 Å². The van der Waals surface area contributed by atoms with Gasteiger partial charge in [0.25, 0.3) is 0 Å². The summed E-state index contributed by atoms with van der Waals surface area (Å²) in [5, 5.41) is 16.7. The van der Waals surface area contributed by atoms with Gasteiger partial charge in [0.05, 0.1) is 17.6 Å². The maximum atomic E-state index is 10.4. The van der Waals surface area contributed by atoms with Gasteiger partial charge in [0, 0.05) is 13.0 Å². The van der Waals surface area contributed by atoms with E-state index in [4.69, 9.17) is 10.8 Å². The number of carbonyl (C=O) groups is 1. The van der Waals surface area contributed by atoms with E-state index in [-0.39, 0.29) is 58.0 Å². The first-order chi connectivity index (χ1) is 10.2. The molecule has 1 unspecified atom stereocenters. The van der Waals surface area contributed by atoms with Crippen molar-refractivity contribution in [3.05, 3.63) is 47.5 Å². The standard InChI is InChI=1S/C13H15N4O2.CH5N.K/c14-11(9-19)7-10-1-3-13(4-2-10)17-8-12(5-6-18)15-16-17;1-2;/h1-4,8-9,11,14,18H,5-7H2;2H2,1H3;/q-1;;+1. The van der Waals surface area contributed by atoms with E-state index in [1.54, 1.807) is 10.9 Å². The molecule has 1 atom stereocenters. The van der Waals surface area contributed by atoms with Crippen molar-refractivity contribution in [3.63, 3.8) is 0 Å². The Hall–Kier alpha value is -0.454. The average molecular weight is 329 g/mol. The normalized spacial score (nSPS) is 10.9. The second-order valence-corrected chi connectivity index (χ2v) is 4.24. The minimum atomic E-state index is -0.714. The van der Waals surface area contributed by atoms with Crippen LogP contribution in [0.15, 0.2) is 30.5 Å². The van der Waals surface area contributed by atoms with Gasteiger partial charge in [-0.1, -0.05) is 23.4 Å². The Morgan fingerprint density at radius 2 is 2.00 bits per heavy atom. The van der Waals surface area contributed by atoms with Crippen LogP contribution >= 0.6 is 0 Å². The third-order valence-corrected chi connectivity index (χ3v) is 2.73. The summed E-state index contributed by atoms with van der Waals surface area (Å²) in [6.07, 6.45) is 3.30. The van der Waals surface area contributed by atoms with Crippen molar-refractivity contribution in [2.45, 2.75) is 18.9 Å². The van der Waals surface area contributed by atoms with E-state index in [1.807, 2.05) is 24.3 Å². The van der Waals surface area contributed by atoms with E-state index < -0.39 is 6.04 Å². The number of aromatic nitrogens is 3. The molecule has 1 aromatic carbocycles. The second kappa shape index (κ2) is 12.0. The van der Waals surface area contributed by atoms with Crippen LogP contribution in [0.4, 0.5) is 0 Å². The zero-order valence-electron chi connectivity index (χ0n) is 12.9. The zero-order chi connectivity index (χ0) is 15.7. The Bertz CT molecular complexity index is 544. The van der Waals surface area contributed by atoms with Crippen molar-refractivity contribution in [2.24, 2.45) is 5.73 Å². The van der Waals surface area contributed by atoms with Crippen LogP contribution in [0.2, 0.25) is 0 Å². The van der Waals surface area contributed by atoms with Crippen LogP contribution in [-0.4, -0.2) is 46.1 Å². The summed E-state index contributed by atoms with van der Waals surface area (Å²) in [6.45, 7) is 0.0498. The quantitative estimate of drug-likeness (QED) is 0.450. The fourth-order valence-electron chi connectivity index (χ4n) is 1.74. The van der Waals surface area contributed by atoms with Gasteiger partial charge in [-0.2, -0.15) is 0 Å². The Morgan fingerprint density at radius 1 is 1.36 bits per heavy atom. The van der Waals surface area contributed by atoms with Crippen LogP contribution in [0.25, 0.3) is 11.4 Å². The molecule has 0 saturated carbocycles. The molecule has 0 spiro atoms. The largest absolute Gasteiger partial charge is 1.00 e. The number of rotatable bonds is 6. The molecule has 4 N–H and O–H groups in total. The van der Waals surface area contributed by atoms with Gasteiger partial charge in [-0.05, 0) is 31.2 Å². The minimum absolute atomic E-state index is 0. The molecular formula is C14H20KN5O2. The number of aldehydes is 1. The predicted octanol–water partition coefficient (Wildman–Crippen LogP) is -2.46.